The standard InChI is InChI=1S/C15H15NO2/c17-15(11-5-2-1-3-6-11)16-13-7-4-8-14-12(13)9-10-18-14/h1-3,5-6,9-10,13H,4,7-8H2,(H,16,17)/t13-/m0/s1. The molecule has 0 fully saturated rings. The third-order valence-electron chi connectivity index (χ3n) is 3.39. The van der Waals surface area contributed by atoms with E-state index < -0.39 is 0 Å². The molecule has 0 saturated carbocycles. The summed E-state index contributed by atoms with van der Waals surface area (Å²) in [5.74, 6) is 0.995. The predicted octanol–water partition coefficient (Wildman–Crippen LogP) is 3.09. The molecule has 92 valence electrons. The van der Waals surface area contributed by atoms with E-state index >= 15 is 0 Å². The van der Waals surface area contributed by atoms with E-state index in [0.717, 1.165) is 30.6 Å². The molecular weight excluding hydrogens is 226 g/mol. The van der Waals surface area contributed by atoms with E-state index in [2.05, 4.69) is 5.32 Å². The number of fused-ring (bicyclic) bond motifs is 1. The second-order valence-electron chi connectivity index (χ2n) is 4.58. The molecule has 0 spiro atoms. The number of nitrogens with one attached hydrogen (secondary N) is 1. The summed E-state index contributed by atoms with van der Waals surface area (Å²) in [6, 6.07) is 11.4. The van der Waals surface area contributed by atoms with Crippen LogP contribution in [0.25, 0.3) is 0 Å². The molecule has 0 aliphatic heterocycles. The monoisotopic (exact) mass is 241 g/mol. The van der Waals surface area contributed by atoms with Crippen molar-refractivity contribution in [3.05, 3.63) is 59.5 Å². The summed E-state index contributed by atoms with van der Waals surface area (Å²) >= 11 is 0. The Hall–Kier alpha value is -2.03. The molecule has 0 unspecified atom stereocenters. The average Bonchev–Trinajstić information content (AvgIpc) is 2.89. The normalized spacial score (nSPS) is 18.1. The van der Waals surface area contributed by atoms with Gasteiger partial charge in [0, 0.05) is 17.5 Å². The maximum atomic E-state index is 12.1. The number of furan rings is 1. The first kappa shape index (κ1) is 11.1. The Labute approximate surface area is 106 Å². The zero-order valence-corrected chi connectivity index (χ0v) is 10.1. The van der Waals surface area contributed by atoms with Crippen molar-refractivity contribution in [3.8, 4) is 0 Å². The highest BCUT2D eigenvalue weighted by Crippen LogP contribution is 2.30. The molecule has 0 saturated heterocycles. The molecule has 2 aromatic rings. The molecule has 1 atom stereocenters. The van der Waals surface area contributed by atoms with Crippen molar-refractivity contribution >= 4 is 5.91 Å². The maximum Gasteiger partial charge on any atom is 0.251 e. The van der Waals surface area contributed by atoms with Crippen LogP contribution in [-0.4, -0.2) is 5.91 Å². The van der Waals surface area contributed by atoms with Gasteiger partial charge in [0.25, 0.3) is 5.91 Å². The van der Waals surface area contributed by atoms with E-state index in [-0.39, 0.29) is 11.9 Å². The van der Waals surface area contributed by atoms with Gasteiger partial charge in [-0.1, -0.05) is 18.2 Å². The lowest BCUT2D eigenvalue weighted by molar-refractivity contribution is 0.0932. The fourth-order valence-corrected chi connectivity index (χ4v) is 2.47. The first-order valence-corrected chi connectivity index (χ1v) is 6.27. The van der Waals surface area contributed by atoms with Gasteiger partial charge in [-0.05, 0) is 31.0 Å². The fourth-order valence-electron chi connectivity index (χ4n) is 2.47. The minimum atomic E-state index is -0.0188. The van der Waals surface area contributed by atoms with E-state index in [1.54, 1.807) is 6.26 Å². The molecule has 1 heterocycles. The summed E-state index contributed by atoms with van der Waals surface area (Å²) in [5.41, 5.74) is 1.83. The van der Waals surface area contributed by atoms with Gasteiger partial charge in [-0.2, -0.15) is 0 Å². The van der Waals surface area contributed by atoms with Crippen molar-refractivity contribution in [2.24, 2.45) is 0 Å². The number of aryl methyl sites for hydroxylation is 1. The Bertz CT molecular complexity index is 545. The molecule has 1 N–H and O–H groups in total. The fraction of sp³-hybridized carbons (Fsp3) is 0.267. The molecule has 0 bridgehead atoms. The summed E-state index contributed by atoms with van der Waals surface area (Å²) in [6.07, 6.45) is 4.71. The highest BCUT2D eigenvalue weighted by atomic mass is 16.3. The van der Waals surface area contributed by atoms with Gasteiger partial charge in [0.15, 0.2) is 0 Å². The second-order valence-corrected chi connectivity index (χ2v) is 4.58. The first-order valence-electron chi connectivity index (χ1n) is 6.27. The van der Waals surface area contributed by atoms with Crippen molar-refractivity contribution in [3.63, 3.8) is 0 Å². The Kier molecular flexibility index (Phi) is 2.89. The van der Waals surface area contributed by atoms with Gasteiger partial charge in [0.2, 0.25) is 0 Å². The number of hydrogen-bond donors (Lipinski definition) is 1. The molecule has 1 aromatic heterocycles. The van der Waals surface area contributed by atoms with Gasteiger partial charge in [-0.3, -0.25) is 4.79 Å². The number of carbonyl (C=O) groups excluding carboxylic acids is 1. The topological polar surface area (TPSA) is 42.2 Å². The Morgan fingerprint density at radius 2 is 2.06 bits per heavy atom. The quantitative estimate of drug-likeness (QED) is 0.877. The number of amides is 1. The second kappa shape index (κ2) is 4.69. The zero-order valence-electron chi connectivity index (χ0n) is 10.1. The van der Waals surface area contributed by atoms with Crippen molar-refractivity contribution in [1.82, 2.24) is 5.32 Å². The number of hydrogen-bond acceptors (Lipinski definition) is 2. The highest BCUT2D eigenvalue weighted by Gasteiger charge is 2.24. The largest absolute Gasteiger partial charge is 0.469 e. The van der Waals surface area contributed by atoms with Gasteiger partial charge in [-0.25, -0.2) is 0 Å². The summed E-state index contributed by atoms with van der Waals surface area (Å²) in [4.78, 5) is 12.1. The van der Waals surface area contributed by atoms with Gasteiger partial charge in [-0.15, -0.1) is 0 Å². The zero-order chi connectivity index (χ0) is 12.4. The van der Waals surface area contributed by atoms with Gasteiger partial charge in [0.05, 0.1) is 12.3 Å². The minimum Gasteiger partial charge on any atom is -0.469 e. The molecule has 1 amide bonds. The van der Waals surface area contributed by atoms with Crippen molar-refractivity contribution in [1.29, 1.82) is 0 Å². The van der Waals surface area contributed by atoms with Gasteiger partial charge < -0.3 is 9.73 Å². The number of carbonyl (C=O) groups is 1. The van der Waals surface area contributed by atoms with Crippen LogP contribution in [-0.2, 0) is 6.42 Å². The summed E-state index contributed by atoms with van der Waals surface area (Å²) in [7, 11) is 0. The molecule has 0 radical (unpaired) electrons. The van der Waals surface area contributed by atoms with E-state index in [0.29, 0.717) is 5.56 Å². The van der Waals surface area contributed by atoms with E-state index in [4.69, 9.17) is 4.42 Å². The van der Waals surface area contributed by atoms with Crippen LogP contribution in [0.5, 0.6) is 0 Å². The molecular formula is C15H15NO2. The SMILES string of the molecule is O=C(N[C@H]1CCCc2occc21)c1ccccc1. The lowest BCUT2D eigenvalue weighted by Gasteiger charge is -2.22. The smallest absolute Gasteiger partial charge is 0.251 e. The summed E-state index contributed by atoms with van der Waals surface area (Å²) in [5, 5.41) is 3.08. The third-order valence-corrected chi connectivity index (χ3v) is 3.39. The number of rotatable bonds is 2. The van der Waals surface area contributed by atoms with Crippen LogP contribution < -0.4 is 5.32 Å². The molecule has 18 heavy (non-hydrogen) atoms. The van der Waals surface area contributed by atoms with Crippen LogP contribution in [0.4, 0.5) is 0 Å². The number of benzene rings is 1. The lowest BCUT2D eigenvalue weighted by Crippen LogP contribution is -2.30. The average molecular weight is 241 g/mol. The van der Waals surface area contributed by atoms with Crippen LogP contribution in [0.3, 0.4) is 0 Å². The van der Waals surface area contributed by atoms with Crippen LogP contribution >= 0.6 is 0 Å². The van der Waals surface area contributed by atoms with E-state index in [1.807, 2.05) is 36.4 Å². The molecule has 1 aromatic carbocycles. The van der Waals surface area contributed by atoms with Crippen molar-refractivity contribution < 1.29 is 9.21 Å². The Morgan fingerprint density at radius 3 is 2.89 bits per heavy atom. The molecule has 3 rings (SSSR count). The molecule has 1 aliphatic rings. The van der Waals surface area contributed by atoms with E-state index in [1.165, 1.54) is 0 Å². The van der Waals surface area contributed by atoms with Crippen LogP contribution in [0.2, 0.25) is 0 Å². The molecule has 3 heteroatoms. The first-order chi connectivity index (χ1) is 8.84. The predicted molar refractivity (Wildman–Crippen MR) is 68.3 cm³/mol. The van der Waals surface area contributed by atoms with Gasteiger partial charge in [0.1, 0.15) is 5.76 Å². The maximum absolute atomic E-state index is 12.1. The highest BCUT2D eigenvalue weighted by molar-refractivity contribution is 5.94. The molecule has 3 nitrogen and oxygen atoms in total. The Morgan fingerprint density at radius 1 is 1.22 bits per heavy atom. The minimum absolute atomic E-state index is 0.0188. The van der Waals surface area contributed by atoms with Gasteiger partial charge >= 0.3 is 0 Å². The van der Waals surface area contributed by atoms with Crippen molar-refractivity contribution in [2.45, 2.75) is 25.3 Å². The third kappa shape index (κ3) is 2.04. The van der Waals surface area contributed by atoms with Crippen LogP contribution in [0, 0.1) is 0 Å². The Balaban J connectivity index is 1.77. The van der Waals surface area contributed by atoms with Crippen molar-refractivity contribution in [2.75, 3.05) is 0 Å². The van der Waals surface area contributed by atoms with E-state index in [9.17, 15) is 4.79 Å². The van der Waals surface area contributed by atoms with Crippen LogP contribution in [0.15, 0.2) is 47.1 Å². The summed E-state index contributed by atoms with van der Waals surface area (Å²) < 4.78 is 5.42. The summed E-state index contributed by atoms with van der Waals surface area (Å²) in [6.45, 7) is 0. The molecule has 1 aliphatic carbocycles. The lowest BCUT2D eigenvalue weighted by atomic mass is 9.93. The van der Waals surface area contributed by atoms with Crippen LogP contribution in [0.1, 0.15) is 40.6 Å².